The molecule has 1 aliphatic heterocycles. The first-order valence-electron chi connectivity index (χ1n) is 7.38. The van der Waals surface area contributed by atoms with E-state index in [0.717, 1.165) is 11.4 Å². The van der Waals surface area contributed by atoms with Crippen LogP contribution in [0.25, 0.3) is 0 Å². The minimum Gasteiger partial charge on any atom is -0.384 e. The summed E-state index contributed by atoms with van der Waals surface area (Å²) in [5, 5.41) is 13.4. The Kier molecular flexibility index (Phi) is 6.24. The maximum Gasteiger partial charge on any atom is 0.252 e. The largest absolute Gasteiger partial charge is 0.384 e. The van der Waals surface area contributed by atoms with Gasteiger partial charge in [-0.25, -0.2) is 0 Å². The lowest BCUT2D eigenvalue weighted by molar-refractivity contribution is 0.0945. The zero-order chi connectivity index (χ0) is 15.1. The minimum absolute atomic E-state index is 0.0448. The number of thiophene rings is 1. The number of carbonyl (C=O) groups is 1. The Morgan fingerprint density at radius 2 is 2.29 bits per heavy atom. The van der Waals surface area contributed by atoms with E-state index in [4.69, 9.17) is 5.11 Å². The SMILES string of the molecule is CC(CNC(=O)c1csc(C#CCO)c1)CN1CCCC1. The van der Waals surface area contributed by atoms with Crippen LogP contribution in [0, 0.1) is 17.8 Å². The van der Waals surface area contributed by atoms with Crippen molar-refractivity contribution in [2.24, 2.45) is 5.92 Å². The van der Waals surface area contributed by atoms with Gasteiger partial charge in [0.25, 0.3) is 5.91 Å². The van der Waals surface area contributed by atoms with Crippen molar-refractivity contribution in [2.75, 3.05) is 32.8 Å². The Bertz CT molecular complexity index is 524. The highest BCUT2D eigenvalue weighted by molar-refractivity contribution is 7.10. The van der Waals surface area contributed by atoms with E-state index in [1.54, 1.807) is 6.07 Å². The number of aliphatic hydroxyl groups excluding tert-OH is 1. The number of nitrogens with zero attached hydrogens (tertiary/aromatic N) is 1. The van der Waals surface area contributed by atoms with Crippen LogP contribution < -0.4 is 5.32 Å². The number of hydrogen-bond acceptors (Lipinski definition) is 4. The molecule has 1 aliphatic rings. The van der Waals surface area contributed by atoms with Gasteiger partial charge in [-0.15, -0.1) is 11.3 Å². The second-order valence-electron chi connectivity index (χ2n) is 5.48. The van der Waals surface area contributed by atoms with Crippen LogP contribution in [0.15, 0.2) is 11.4 Å². The molecule has 2 heterocycles. The number of rotatable bonds is 5. The summed E-state index contributed by atoms with van der Waals surface area (Å²) in [4.78, 5) is 15.3. The predicted octanol–water partition coefficient (Wildman–Crippen LogP) is 1.55. The van der Waals surface area contributed by atoms with Gasteiger partial charge >= 0.3 is 0 Å². The molecule has 1 fully saturated rings. The molecule has 0 spiro atoms. The molecule has 0 bridgehead atoms. The van der Waals surface area contributed by atoms with Gasteiger partial charge in [0, 0.05) is 18.5 Å². The second kappa shape index (κ2) is 8.18. The van der Waals surface area contributed by atoms with E-state index in [-0.39, 0.29) is 12.5 Å². The van der Waals surface area contributed by atoms with Crippen molar-refractivity contribution in [1.82, 2.24) is 10.2 Å². The number of likely N-dealkylation sites (tertiary alicyclic amines) is 1. The molecule has 1 amide bonds. The van der Waals surface area contributed by atoms with Crippen molar-refractivity contribution in [1.29, 1.82) is 0 Å². The van der Waals surface area contributed by atoms with Crippen molar-refractivity contribution in [3.8, 4) is 11.8 Å². The summed E-state index contributed by atoms with van der Waals surface area (Å²) >= 11 is 1.42. The summed E-state index contributed by atoms with van der Waals surface area (Å²) in [6, 6.07) is 1.77. The molecule has 1 atom stereocenters. The molecule has 114 valence electrons. The van der Waals surface area contributed by atoms with Crippen LogP contribution in [0.5, 0.6) is 0 Å². The van der Waals surface area contributed by atoms with Gasteiger partial charge in [0.1, 0.15) is 6.61 Å². The molecule has 0 aliphatic carbocycles. The molecule has 21 heavy (non-hydrogen) atoms. The van der Waals surface area contributed by atoms with Crippen LogP contribution in [0.3, 0.4) is 0 Å². The zero-order valence-corrected chi connectivity index (χ0v) is 13.2. The summed E-state index contributed by atoms with van der Waals surface area (Å²) in [7, 11) is 0. The third-order valence-electron chi connectivity index (χ3n) is 3.53. The molecule has 0 saturated carbocycles. The Hall–Kier alpha value is -1.35. The standard InChI is InChI=1S/C16H22N2O2S/c1-13(11-18-6-2-3-7-18)10-17-16(20)14-9-15(21-12-14)5-4-8-19/h9,12-13,19H,2-3,6-8,10-11H2,1H3,(H,17,20). The molecule has 2 rings (SSSR count). The van der Waals surface area contributed by atoms with Gasteiger partial charge in [0.05, 0.1) is 10.4 Å². The van der Waals surface area contributed by atoms with E-state index in [1.807, 2.05) is 5.38 Å². The van der Waals surface area contributed by atoms with E-state index in [0.29, 0.717) is 18.0 Å². The van der Waals surface area contributed by atoms with Crippen LogP contribution in [0.2, 0.25) is 0 Å². The quantitative estimate of drug-likeness (QED) is 0.812. The average Bonchev–Trinajstić information content (AvgIpc) is 3.14. The van der Waals surface area contributed by atoms with Gasteiger partial charge in [0.2, 0.25) is 0 Å². The predicted molar refractivity (Wildman–Crippen MR) is 85.5 cm³/mol. The van der Waals surface area contributed by atoms with Gasteiger partial charge in [0.15, 0.2) is 0 Å². The first-order chi connectivity index (χ1) is 10.2. The number of aliphatic hydroxyl groups is 1. The summed E-state index contributed by atoms with van der Waals surface area (Å²) in [5.41, 5.74) is 0.649. The van der Waals surface area contributed by atoms with Gasteiger partial charge in [-0.05, 0) is 37.9 Å². The highest BCUT2D eigenvalue weighted by atomic mass is 32.1. The van der Waals surface area contributed by atoms with Crippen LogP contribution in [0.1, 0.15) is 35.0 Å². The van der Waals surface area contributed by atoms with Gasteiger partial charge in [-0.2, -0.15) is 0 Å². The molecule has 2 N–H and O–H groups in total. The van der Waals surface area contributed by atoms with Gasteiger partial charge in [-0.1, -0.05) is 18.8 Å². The maximum atomic E-state index is 12.1. The lowest BCUT2D eigenvalue weighted by Gasteiger charge is -2.20. The first-order valence-corrected chi connectivity index (χ1v) is 8.26. The van der Waals surface area contributed by atoms with Crippen molar-refractivity contribution in [2.45, 2.75) is 19.8 Å². The Labute approximate surface area is 130 Å². The van der Waals surface area contributed by atoms with Crippen molar-refractivity contribution in [3.05, 3.63) is 21.9 Å². The fraction of sp³-hybridized carbons (Fsp3) is 0.562. The Balaban J connectivity index is 1.76. The smallest absolute Gasteiger partial charge is 0.252 e. The lowest BCUT2D eigenvalue weighted by atomic mass is 10.1. The third-order valence-corrected chi connectivity index (χ3v) is 4.38. The van der Waals surface area contributed by atoms with E-state index < -0.39 is 0 Å². The third kappa shape index (κ3) is 5.16. The van der Waals surface area contributed by atoms with E-state index in [1.165, 1.54) is 37.3 Å². The summed E-state index contributed by atoms with van der Waals surface area (Å²) < 4.78 is 0. The van der Waals surface area contributed by atoms with Crippen LogP contribution >= 0.6 is 11.3 Å². The molecule has 0 radical (unpaired) electrons. The summed E-state index contributed by atoms with van der Waals surface area (Å²) in [6.07, 6.45) is 2.59. The summed E-state index contributed by atoms with van der Waals surface area (Å²) in [5.74, 6) is 5.81. The molecule has 1 aromatic rings. The zero-order valence-electron chi connectivity index (χ0n) is 12.4. The number of carbonyl (C=O) groups excluding carboxylic acids is 1. The highest BCUT2D eigenvalue weighted by Crippen LogP contribution is 2.14. The molecular formula is C16H22N2O2S. The van der Waals surface area contributed by atoms with Crippen molar-refractivity contribution < 1.29 is 9.90 Å². The number of amides is 1. The van der Waals surface area contributed by atoms with Crippen molar-refractivity contribution >= 4 is 17.2 Å². The van der Waals surface area contributed by atoms with E-state index in [2.05, 4.69) is 29.0 Å². The number of hydrogen-bond donors (Lipinski definition) is 2. The average molecular weight is 306 g/mol. The lowest BCUT2D eigenvalue weighted by Crippen LogP contribution is -2.34. The van der Waals surface area contributed by atoms with Crippen molar-refractivity contribution in [3.63, 3.8) is 0 Å². The first kappa shape index (κ1) is 16.0. The molecule has 1 saturated heterocycles. The van der Waals surface area contributed by atoms with Crippen LogP contribution in [-0.2, 0) is 0 Å². The second-order valence-corrected chi connectivity index (χ2v) is 6.39. The highest BCUT2D eigenvalue weighted by Gasteiger charge is 2.15. The topological polar surface area (TPSA) is 52.6 Å². The minimum atomic E-state index is -0.159. The molecule has 4 nitrogen and oxygen atoms in total. The normalized spacial score (nSPS) is 16.3. The maximum absolute atomic E-state index is 12.1. The molecular weight excluding hydrogens is 284 g/mol. The molecule has 0 aromatic carbocycles. The monoisotopic (exact) mass is 306 g/mol. The molecule has 5 heteroatoms. The van der Waals surface area contributed by atoms with Crippen LogP contribution in [-0.4, -0.2) is 48.7 Å². The van der Waals surface area contributed by atoms with Gasteiger partial charge < -0.3 is 15.3 Å². The number of nitrogens with one attached hydrogen (secondary N) is 1. The van der Waals surface area contributed by atoms with E-state index in [9.17, 15) is 4.79 Å². The molecule has 1 unspecified atom stereocenters. The van der Waals surface area contributed by atoms with E-state index >= 15 is 0 Å². The Morgan fingerprint density at radius 1 is 1.52 bits per heavy atom. The molecule has 1 aromatic heterocycles. The van der Waals surface area contributed by atoms with Crippen LogP contribution in [0.4, 0.5) is 0 Å². The summed E-state index contributed by atoms with van der Waals surface area (Å²) in [6.45, 7) is 6.14. The Morgan fingerprint density at radius 3 is 3.00 bits per heavy atom. The fourth-order valence-electron chi connectivity index (χ4n) is 2.49. The fourth-order valence-corrected chi connectivity index (χ4v) is 3.24. The van der Waals surface area contributed by atoms with Gasteiger partial charge in [-0.3, -0.25) is 4.79 Å².